The van der Waals surface area contributed by atoms with Crippen LogP contribution in [0.15, 0.2) is 12.3 Å². The summed E-state index contributed by atoms with van der Waals surface area (Å²) in [5.74, 6) is 2.59. The maximum Gasteiger partial charge on any atom is 0.255 e. The number of nitrogens with one attached hydrogen (secondary N) is 1. The van der Waals surface area contributed by atoms with Crippen LogP contribution < -0.4 is 5.32 Å². The summed E-state index contributed by atoms with van der Waals surface area (Å²) in [6.45, 7) is 2.86. The summed E-state index contributed by atoms with van der Waals surface area (Å²) in [5, 5.41) is 3.35. The van der Waals surface area contributed by atoms with E-state index in [0.29, 0.717) is 16.4 Å². The van der Waals surface area contributed by atoms with Crippen LogP contribution in [-0.4, -0.2) is 46.9 Å². The predicted molar refractivity (Wildman–Crippen MR) is 76.6 cm³/mol. The van der Waals surface area contributed by atoms with E-state index in [1.54, 1.807) is 19.3 Å². The summed E-state index contributed by atoms with van der Waals surface area (Å²) in [6, 6.07) is 1.94. The van der Waals surface area contributed by atoms with Crippen molar-refractivity contribution in [3.63, 3.8) is 0 Å². The molecular weight excluding hydrogens is 270 g/mol. The Hall–Kier alpha value is -0.940. The van der Waals surface area contributed by atoms with Gasteiger partial charge in [0.25, 0.3) is 5.91 Å². The number of hydrogen-bond acceptors (Lipinski definition) is 4. The van der Waals surface area contributed by atoms with Gasteiger partial charge in [0, 0.05) is 37.3 Å². The number of anilines is 1. The Kier molecular flexibility index (Phi) is 4.35. The molecule has 0 saturated carbocycles. The molecule has 1 fully saturated rings. The smallest absolute Gasteiger partial charge is 0.255 e. The Morgan fingerprint density at radius 2 is 2.44 bits per heavy atom. The molecule has 1 aliphatic heterocycles. The first-order valence-electron chi connectivity index (χ1n) is 5.85. The molecule has 2 rings (SSSR count). The van der Waals surface area contributed by atoms with Gasteiger partial charge in [-0.1, -0.05) is 11.6 Å². The number of halogens is 1. The van der Waals surface area contributed by atoms with Crippen LogP contribution in [0.4, 0.5) is 5.82 Å². The predicted octanol–water partition coefficient (Wildman–Crippen LogP) is 2.35. The zero-order chi connectivity index (χ0) is 13.1. The number of rotatable bonds is 2. The average molecular weight is 286 g/mol. The van der Waals surface area contributed by atoms with Gasteiger partial charge in [0.15, 0.2) is 0 Å². The standard InChI is InChI=1S/C12H16ClN3OS/c1-8-7-18-4-3-16(8)12(17)9-5-10(13)11(14-2)15-6-9/h5-6,8H,3-4,7H2,1-2H3,(H,14,15). The number of carbonyl (C=O) groups excluding carboxylic acids is 1. The van der Waals surface area contributed by atoms with Crippen LogP contribution in [0.1, 0.15) is 17.3 Å². The molecule has 18 heavy (non-hydrogen) atoms. The molecule has 1 saturated heterocycles. The lowest BCUT2D eigenvalue weighted by Crippen LogP contribution is -2.44. The van der Waals surface area contributed by atoms with E-state index < -0.39 is 0 Å². The maximum atomic E-state index is 12.4. The van der Waals surface area contributed by atoms with Crippen molar-refractivity contribution in [2.24, 2.45) is 0 Å². The third-order valence-electron chi connectivity index (χ3n) is 2.95. The molecule has 1 N–H and O–H groups in total. The first-order valence-corrected chi connectivity index (χ1v) is 7.38. The average Bonchev–Trinajstić information content (AvgIpc) is 2.38. The van der Waals surface area contributed by atoms with Gasteiger partial charge >= 0.3 is 0 Å². The molecule has 1 aliphatic rings. The molecule has 2 heterocycles. The van der Waals surface area contributed by atoms with Crippen molar-refractivity contribution in [2.75, 3.05) is 30.4 Å². The van der Waals surface area contributed by atoms with Crippen molar-refractivity contribution in [3.05, 3.63) is 22.8 Å². The Morgan fingerprint density at radius 3 is 3.06 bits per heavy atom. The SMILES string of the molecule is CNc1ncc(C(=O)N2CCSCC2C)cc1Cl. The fourth-order valence-electron chi connectivity index (χ4n) is 1.93. The highest BCUT2D eigenvalue weighted by molar-refractivity contribution is 7.99. The summed E-state index contributed by atoms with van der Waals surface area (Å²) in [4.78, 5) is 18.4. The minimum absolute atomic E-state index is 0.0138. The topological polar surface area (TPSA) is 45.2 Å². The zero-order valence-corrected chi connectivity index (χ0v) is 12.0. The molecule has 1 amide bonds. The third-order valence-corrected chi connectivity index (χ3v) is 4.43. The van der Waals surface area contributed by atoms with Gasteiger partial charge in [-0.25, -0.2) is 4.98 Å². The zero-order valence-electron chi connectivity index (χ0n) is 10.4. The molecule has 1 unspecified atom stereocenters. The van der Waals surface area contributed by atoms with Crippen molar-refractivity contribution in [3.8, 4) is 0 Å². The number of thioether (sulfide) groups is 1. The van der Waals surface area contributed by atoms with Crippen molar-refractivity contribution >= 4 is 35.1 Å². The summed E-state index contributed by atoms with van der Waals surface area (Å²) < 4.78 is 0. The third kappa shape index (κ3) is 2.72. The largest absolute Gasteiger partial charge is 0.372 e. The Morgan fingerprint density at radius 1 is 1.67 bits per heavy atom. The fourth-order valence-corrected chi connectivity index (χ4v) is 3.21. The monoisotopic (exact) mass is 285 g/mol. The summed E-state index contributed by atoms with van der Waals surface area (Å²) in [6.07, 6.45) is 1.58. The second-order valence-corrected chi connectivity index (χ2v) is 5.78. The van der Waals surface area contributed by atoms with E-state index in [0.717, 1.165) is 18.1 Å². The lowest BCUT2D eigenvalue weighted by Gasteiger charge is -2.33. The molecule has 1 aromatic rings. The molecule has 1 aromatic heterocycles. The summed E-state index contributed by atoms with van der Waals surface area (Å²) in [7, 11) is 1.75. The van der Waals surface area contributed by atoms with Crippen molar-refractivity contribution in [1.82, 2.24) is 9.88 Å². The van der Waals surface area contributed by atoms with Crippen LogP contribution in [0.2, 0.25) is 5.02 Å². The highest BCUT2D eigenvalue weighted by atomic mass is 35.5. The van der Waals surface area contributed by atoms with Crippen LogP contribution in [0.5, 0.6) is 0 Å². The van der Waals surface area contributed by atoms with E-state index in [9.17, 15) is 4.79 Å². The number of hydrogen-bond donors (Lipinski definition) is 1. The lowest BCUT2D eigenvalue weighted by molar-refractivity contribution is 0.0715. The van der Waals surface area contributed by atoms with Crippen LogP contribution in [0.25, 0.3) is 0 Å². The molecule has 4 nitrogen and oxygen atoms in total. The number of aromatic nitrogens is 1. The van der Waals surface area contributed by atoms with Gasteiger partial charge < -0.3 is 10.2 Å². The highest BCUT2D eigenvalue weighted by Gasteiger charge is 2.25. The first-order chi connectivity index (χ1) is 8.63. The Balaban J connectivity index is 2.20. The summed E-state index contributed by atoms with van der Waals surface area (Å²) in [5.41, 5.74) is 0.553. The van der Waals surface area contributed by atoms with Gasteiger partial charge in [-0.05, 0) is 13.0 Å². The highest BCUT2D eigenvalue weighted by Crippen LogP contribution is 2.23. The minimum Gasteiger partial charge on any atom is -0.372 e. The van der Waals surface area contributed by atoms with Gasteiger partial charge in [-0.3, -0.25) is 4.79 Å². The molecule has 6 heteroatoms. The van der Waals surface area contributed by atoms with E-state index in [1.807, 2.05) is 16.7 Å². The number of amides is 1. The van der Waals surface area contributed by atoms with Crippen LogP contribution in [-0.2, 0) is 0 Å². The van der Waals surface area contributed by atoms with E-state index >= 15 is 0 Å². The molecule has 0 aromatic carbocycles. The van der Waals surface area contributed by atoms with Crippen molar-refractivity contribution in [2.45, 2.75) is 13.0 Å². The molecule has 1 atom stereocenters. The minimum atomic E-state index is 0.0138. The molecule has 0 radical (unpaired) electrons. The van der Waals surface area contributed by atoms with E-state index in [-0.39, 0.29) is 11.9 Å². The normalized spacial score (nSPS) is 19.7. The van der Waals surface area contributed by atoms with E-state index in [1.165, 1.54) is 0 Å². The molecule has 0 aliphatic carbocycles. The molecule has 98 valence electrons. The van der Waals surface area contributed by atoms with Gasteiger partial charge in [0.1, 0.15) is 5.82 Å². The van der Waals surface area contributed by atoms with Gasteiger partial charge in [0.2, 0.25) is 0 Å². The second-order valence-electron chi connectivity index (χ2n) is 4.23. The van der Waals surface area contributed by atoms with Gasteiger partial charge in [0.05, 0.1) is 10.6 Å². The molecular formula is C12H16ClN3OS. The van der Waals surface area contributed by atoms with Crippen LogP contribution in [0, 0.1) is 0 Å². The molecule has 0 bridgehead atoms. The fraction of sp³-hybridized carbons (Fsp3) is 0.500. The Labute approximate surface area is 116 Å². The molecule has 0 spiro atoms. The van der Waals surface area contributed by atoms with Crippen molar-refractivity contribution in [1.29, 1.82) is 0 Å². The number of pyridine rings is 1. The van der Waals surface area contributed by atoms with Crippen LogP contribution >= 0.6 is 23.4 Å². The first kappa shape index (κ1) is 13.5. The van der Waals surface area contributed by atoms with E-state index in [4.69, 9.17) is 11.6 Å². The number of nitrogens with zero attached hydrogens (tertiary/aromatic N) is 2. The van der Waals surface area contributed by atoms with Crippen molar-refractivity contribution < 1.29 is 4.79 Å². The van der Waals surface area contributed by atoms with Gasteiger partial charge in [-0.15, -0.1) is 0 Å². The maximum absolute atomic E-state index is 12.4. The van der Waals surface area contributed by atoms with Crippen LogP contribution in [0.3, 0.4) is 0 Å². The lowest BCUT2D eigenvalue weighted by atomic mass is 10.2. The second kappa shape index (κ2) is 5.80. The quantitative estimate of drug-likeness (QED) is 0.906. The number of carbonyl (C=O) groups is 1. The summed E-state index contributed by atoms with van der Waals surface area (Å²) >= 11 is 7.93. The van der Waals surface area contributed by atoms with E-state index in [2.05, 4.69) is 17.2 Å². The Bertz CT molecular complexity index is 455. The van der Waals surface area contributed by atoms with Gasteiger partial charge in [-0.2, -0.15) is 11.8 Å².